The highest BCUT2D eigenvalue weighted by atomic mass is 16.8. The predicted octanol–water partition coefficient (Wildman–Crippen LogP) is 2.62. The van der Waals surface area contributed by atoms with Gasteiger partial charge in [-0.15, -0.1) is 0 Å². The monoisotopic (exact) mass is 554 g/mol. The number of anilines is 1. The van der Waals surface area contributed by atoms with Gasteiger partial charge in [0.15, 0.2) is 12.5 Å². The molecule has 2 saturated heterocycles. The van der Waals surface area contributed by atoms with E-state index in [1.165, 1.54) is 16.8 Å². The van der Waals surface area contributed by atoms with Crippen molar-refractivity contribution in [3.8, 4) is 0 Å². The summed E-state index contributed by atoms with van der Waals surface area (Å²) in [5.41, 5.74) is 0.362. The number of benzene rings is 1. The van der Waals surface area contributed by atoms with Crippen LogP contribution in [-0.4, -0.2) is 71.0 Å². The third kappa shape index (κ3) is 6.41. The number of hydrogen-bond acceptors (Lipinski definition) is 8. The quantitative estimate of drug-likeness (QED) is 0.403. The molecule has 2 aliphatic heterocycles. The van der Waals surface area contributed by atoms with Crippen molar-refractivity contribution >= 4 is 23.9 Å². The van der Waals surface area contributed by atoms with Crippen molar-refractivity contribution in [2.45, 2.75) is 57.0 Å². The van der Waals surface area contributed by atoms with Gasteiger partial charge < -0.3 is 29.4 Å². The number of carbonyl (C=O) groups is 2. The van der Waals surface area contributed by atoms with Crippen LogP contribution in [0.15, 0.2) is 53.5 Å². The lowest BCUT2D eigenvalue weighted by Crippen LogP contribution is -2.35. The molecule has 12 heteroatoms. The van der Waals surface area contributed by atoms with E-state index in [1.54, 1.807) is 13.0 Å². The Hall–Kier alpha value is -3.58. The van der Waals surface area contributed by atoms with Crippen molar-refractivity contribution in [2.75, 3.05) is 25.1 Å². The van der Waals surface area contributed by atoms with Crippen molar-refractivity contribution in [3.63, 3.8) is 0 Å². The number of rotatable bonds is 10. The molecular formula is C28H34N4O8. The van der Waals surface area contributed by atoms with E-state index in [4.69, 9.17) is 18.9 Å². The van der Waals surface area contributed by atoms with Crippen LogP contribution in [0.5, 0.6) is 0 Å². The molecule has 5 rings (SSSR count). The van der Waals surface area contributed by atoms with E-state index in [0.29, 0.717) is 19.6 Å². The van der Waals surface area contributed by atoms with Crippen LogP contribution in [0.4, 0.5) is 10.6 Å². The molecule has 0 spiro atoms. The van der Waals surface area contributed by atoms with Crippen LogP contribution in [0.2, 0.25) is 0 Å². The molecule has 2 aromatic rings. The zero-order valence-corrected chi connectivity index (χ0v) is 22.2. The third-order valence-corrected chi connectivity index (χ3v) is 7.39. The van der Waals surface area contributed by atoms with Gasteiger partial charge >= 0.3 is 17.7 Å². The van der Waals surface area contributed by atoms with Crippen LogP contribution in [0.25, 0.3) is 6.08 Å². The Bertz CT molecular complexity index is 1270. The minimum absolute atomic E-state index is 0.0513. The number of ether oxygens (including phenoxy) is 4. The van der Waals surface area contributed by atoms with E-state index in [1.807, 2.05) is 36.4 Å². The summed E-state index contributed by atoms with van der Waals surface area (Å²) in [6.45, 7) is 2.67. The number of aromatic nitrogens is 2. The molecule has 1 aromatic heterocycles. The Labute approximate surface area is 231 Å². The number of fused-ring (bicyclic) bond motifs is 1. The lowest BCUT2D eigenvalue weighted by atomic mass is 9.97. The highest BCUT2D eigenvalue weighted by molar-refractivity contribution is 5.87. The number of amides is 2. The van der Waals surface area contributed by atoms with E-state index in [0.717, 1.165) is 18.4 Å². The Balaban J connectivity index is 1.30. The van der Waals surface area contributed by atoms with E-state index in [-0.39, 0.29) is 18.3 Å². The lowest BCUT2D eigenvalue weighted by Gasteiger charge is -2.22. The second-order valence-electron chi connectivity index (χ2n) is 10.1. The van der Waals surface area contributed by atoms with Gasteiger partial charge in [-0.1, -0.05) is 42.8 Å². The van der Waals surface area contributed by atoms with Gasteiger partial charge in [0.25, 0.3) is 0 Å². The van der Waals surface area contributed by atoms with Gasteiger partial charge in [0.05, 0.1) is 19.1 Å². The number of carboxylic acid groups (broad SMARTS) is 1. The summed E-state index contributed by atoms with van der Waals surface area (Å²) in [5, 5.41) is 14.6. The largest absolute Gasteiger partial charge is 0.481 e. The first-order chi connectivity index (χ1) is 19.4. The number of hydrogen-bond donors (Lipinski definition) is 3. The van der Waals surface area contributed by atoms with Crippen molar-refractivity contribution in [1.29, 1.82) is 0 Å². The Morgan fingerprint density at radius 3 is 2.67 bits per heavy atom. The number of nitrogens with one attached hydrogen (secondary N) is 2. The van der Waals surface area contributed by atoms with E-state index in [9.17, 15) is 19.5 Å². The van der Waals surface area contributed by atoms with Gasteiger partial charge in [-0.05, 0) is 43.4 Å². The summed E-state index contributed by atoms with van der Waals surface area (Å²) in [6.07, 6.45) is 4.29. The first-order valence-electron chi connectivity index (χ1n) is 13.6. The Kier molecular flexibility index (Phi) is 8.90. The number of carbonyl (C=O) groups excluding carboxylic acids is 1. The van der Waals surface area contributed by atoms with E-state index >= 15 is 0 Å². The van der Waals surface area contributed by atoms with Crippen molar-refractivity contribution in [1.82, 2.24) is 14.9 Å². The topological polar surface area (TPSA) is 150 Å². The van der Waals surface area contributed by atoms with Crippen LogP contribution in [0.1, 0.15) is 38.0 Å². The first-order valence-corrected chi connectivity index (χ1v) is 13.6. The van der Waals surface area contributed by atoms with Gasteiger partial charge in [-0.25, -0.2) is 9.59 Å². The maximum Gasteiger partial charge on any atom is 0.351 e. The van der Waals surface area contributed by atoms with Gasteiger partial charge in [-0.3, -0.25) is 14.7 Å². The SMILES string of the molecule is CCNC(=O)Nc1ccn([C@@H]2O[C@H](COCC3CCCC3C(=O)O)C3O[C@H](/C=C/c4ccccc4)OC32)c(=O)n1. The van der Waals surface area contributed by atoms with Crippen molar-refractivity contribution in [3.05, 3.63) is 64.7 Å². The highest BCUT2D eigenvalue weighted by Gasteiger charge is 2.53. The first kappa shape index (κ1) is 28.0. The maximum atomic E-state index is 12.9. The second kappa shape index (κ2) is 12.7. The molecule has 1 aromatic carbocycles. The van der Waals surface area contributed by atoms with Crippen molar-refractivity contribution < 1.29 is 33.6 Å². The Morgan fingerprint density at radius 1 is 1.12 bits per heavy atom. The molecule has 40 heavy (non-hydrogen) atoms. The standard InChI is InChI=1S/C28H34N4O8/c1-2-29-27(35)30-21-13-14-32(28(36)31-21)25-24-23(39-22(40-24)12-11-17-7-4-3-5-8-17)20(38-25)16-37-15-18-9-6-10-19(18)26(33)34/h3-5,7-8,11-14,18-20,22-25H,2,6,9-10,15-16H2,1H3,(H,33,34)(H2,29,30,31,35,36)/b12-11+/t18?,19?,20-,22+,23?,24?,25-/m1/s1. The van der Waals surface area contributed by atoms with Crippen LogP contribution in [0, 0.1) is 11.8 Å². The molecule has 0 bridgehead atoms. The molecule has 3 N–H and O–H groups in total. The fourth-order valence-electron chi connectivity index (χ4n) is 5.46. The molecule has 0 radical (unpaired) electrons. The summed E-state index contributed by atoms with van der Waals surface area (Å²) in [5.74, 6) is -1.14. The second-order valence-corrected chi connectivity index (χ2v) is 10.1. The third-order valence-electron chi connectivity index (χ3n) is 7.39. The molecule has 1 saturated carbocycles. The number of nitrogens with zero attached hydrogens (tertiary/aromatic N) is 2. The van der Waals surface area contributed by atoms with Gasteiger partial charge in [0.2, 0.25) is 0 Å². The summed E-state index contributed by atoms with van der Waals surface area (Å²) < 4.78 is 25.8. The average molecular weight is 555 g/mol. The zero-order valence-electron chi connectivity index (χ0n) is 22.2. The van der Waals surface area contributed by atoms with Gasteiger partial charge in [-0.2, -0.15) is 4.98 Å². The molecular weight excluding hydrogens is 520 g/mol. The molecule has 12 nitrogen and oxygen atoms in total. The minimum atomic E-state index is -0.842. The summed E-state index contributed by atoms with van der Waals surface area (Å²) >= 11 is 0. The number of urea groups is 1. The Morgan fingerprint density at radius 2 is 1.93 bits per heavy atom. The van der Waals surface area contributed by atoms with Crippen molar-refractivity contribution in [2.24, 2.45) is 11.8 Å². The van der Waals surface area contributed by atoms with Gasteiger partial charge in [0.1, 0.15) is 24.1 Å². The predicted molar refractivity (Wildman–Crippen MR) is 143 cm³/mol. The summed E-state index contributed by atoms with van der Waals surface area (Å²) in [7, 11) is 0. The molecule has 3 aliphatic rings. The molecule has 3 fully saturated rings. The highest BCUT2D eigenvalue weighted by Crippen LogP contribution is 2.40. The smallest absolute Gasteiger partial charge is 0.351 e. The fraction of sp³-hybridized carbons (Fsp3) is 0.500. The number of carboxylic acids is 1. The molecule has 2 amide bonds. The van der Waals surface area contributed by atoms with Crippen LogP contribution in [0.3, 0.4) is 0 Å². The zero-order chi connectivity index (χ0) is 28.1. The molecule has 4 unspecified atom stereocenters. The molecule has 214 valence electrons. The normalized spacial score (nSPS) is 29.5. The summed E-state index contributed by atoms with van der Waals surface area (Å²) in [6, 6.07) is 10.8. The molecule has 3 heterocycles. The lowest BCUT2D eigenvalue weighted by molar-refractivity contribution is -0.147. The summed E-state index contributed by atoms with van der Waals surface area (Å²) in [4.78, 5) is 40.3. The van der Waals surface area contributed by atoms with E-state index < -0.39 is 54.4 Å². The van der Waals surface area contributed by atoms with Gasteiger partial charge in [0, 0.05) is 12.7 Å². The number of aliphatic carboxylic acids is 1. The van der Waals surface area contributed by atoms with Crippen LogP contribution >= 0.6 is 0 Å². The molecule has 7 atom stereocenters. The van der Waals surface area contributed by atoms with Crippen LogP contribution < -0.4 is 16.3 Å². The fourth-order valence-corrected chi connectivity index (χ4v) is 5.46. The minimum Gasteiger partial charge on any atom is -0.481 e. The molecule has 1 aliphatic carbocycles. The average Bonchev–Trinajstić information content (AvgIpc) is 3.65. The van der Waals surface area contributed by atoms with Crippen LogP contribution in [-0.2, 0) is 23.7 Å². The maximum absolute atomic E-state index is 12.9. The van der Waals surface area contributed by atoms with E-state index in [2.05, 4.69) is 15.6 Å².